The number of carbonyl (C=O) groups is 3. The Labute approximate surface area is 125 Å². The minimum atomic E-state index is -0.840. The lowest BCUT2D eigenvalue weighted by atomic mass is 10.1. The highest BCUT2D eigenvalue weighted by molar-refractivity contribution is 6.06. The van der Waals surface area contributed by atoms with Crippen LogP contribution < -0.4 is 10.6 Å². The third-order valence-corrected chi connectivity index (χ3v) is 4.19. The summed E-state index contributed by atoms with van der Waals surface area (Å²) in [7, 11) is 1.82. The first kappa shape index (κ1) is 15.8. The lowest BCUT2D eigenvalue weighted by molar-refractivity contribution is -0.133. The Balaban J connectivity index is 1.77. The molecule has 4 amide bonds. The zero-order chi connectivity index (χ0) is 15.6. The van der Waals surface area contributed by atoms with E-state index in [1.54, 1.807) is 18.7 Å². The molecule has 7 heteroatoms. The van der Waals surface area contributed by atoms with E-state index in [4.69, 9.17) is 0 Å². The van der Waals surface area contributed by atoms with Crippen LogP contribution in [0.25, 0.3) is 0 Å². The highest BCUT2D eigenvalue weighted by atomic mass is 16.2. The van der Waals surface area contributed by atoms with E-state index in [1.165, 1.54) is 4.90 Å². The lowest BCUT2D eigenvalue weighted by Crippen LogP contribution is -2.40. The fraction of sp³-hybridized carbons (Fsp3) is 0.786. The van der Waals surface area contributed by atoms with Crippen LogP contribution in [0.1, 0.15) is 33.1 Å². The van der Waals surface area contributed by atoms with Crippen molar-refractivity contribution in [3.8, 4) is 0 Å². The Morgan fingerprint density at radius 2 is 2.14 bits per heavy atom. The van der Waals surface area contributed by atoms with Crippen molar-refractivity contribution < 1.29 is 14.4 Å². The molecule has 0 saturated carbocycles. The minimum Gasteiger partial charge on any atom is -0.341 e. The third-order valence-electron chi connectivity index (χ3n) is 4.19. The Bertz CT molecular complexity index is 444. The van der Waals surface area contributed by atoms with Crippen molar-refractivity contribution in [3.63, 3.8) is 0 Å². The Kier molecular flexibility index (Phi) is 4.51. The summed E-state index contributed by atoms with van der Waals surface area (Å²) in [5, 5.41) is 5.86. The van der Waals surface area contributed by atoms with E-state index in [9.17, 15) is 14.4 Å². The van der Waals surface area contributed by atoms with Crippen LogP contribution in [0.15, 0.2) is 0 Å². The summed E-state index contributed by atoms with van der Waals surface area (Å²) < 4.78 is 0. The van der Waals surface area contributed by atoms with E-state index < -0.39 is 5.54 Å². The normalized spacial score (nSPS) is 24.3. The quantitative estimate of drug-likeness (QED) is 0.695. The molecule has 0 radical (unpaired) electrons. The van der Waals surface area contributed by atoms with Gasteiger partial charge in [0.2, 0.25) is 5.91 Å². The molecule has 2 rings (SSSR count). The first-order chi connectivity index (χ1) is 9.83. The van der Waals surface area contributed by atoms with Gasteiger partial charge in [-0.1, -0.05) is 0 Å². The second-order valence-corrected chi connectivity index (χ2v) is 6.27. The van der Waals surface area contributed by atoms with Gasteiger partial charge >= 0.3 is 6.03 Å². The molecule has 2 N–H and O–H groups in total. The first-order valence-corrected chi connectivity index (χ1v) is 7.43. The first-order valence-electron chi connectivity index (χ1n) is 7.43. The smallest absolute Gasteiger partial charge is 0.325 e. The van der Waals surface area contributed by atoms with Gasteiger partial charge in [0.15, 0.2) is 0 Å². The number of amides is 4. The van der Waals surface area contributed by atoms with Gasteiger partial charge in [-0.25, -0.2) is 4.79 Å². The Morgan fingerprint density at radius 1 is 1.43 bits per heavy atom. The van der Waals surface area contributed by atoms with Crippen LogP contribution in [0.2, 0.25) is 0 Å². The number of hydrogen-bond acceptors (Lipinski definition) is 4. The van der Waals surface area contributed by atoms with Crippen molar-refractivity contribution in [2.45, 2.75) is 44.7 Å². The summed E-state index contributed by atoms with van der Waals surface area (Å²) >= 11 is 0. The summed E-state index contributed by atoms with van der Waals surface area (Å²) in [5.41, 5.74) is -0.840. The molecule has 0 aromatic heterocycles. The summed E-state index contributed by atoms with van der Waals surface area (Å²) in [6.45, 7) is 5.43. The zero-order valence-electron chi connectivity index (χ0n) is 12.9. The number of urea groups is 1. The molecule has 0 aliphatic carbocycles. The number of imide groups is 1. The maximum atomic E-state index is 12.1. The second kappa shape index (κ2) is 6.01. The standard InChI is InChI=1S/C14H24N4O3/c1-14(2)12(20)18(13(21)16-14)8-4-5-11(19)17(3)10-6-7-15-9-10/h10,15H,4-9H2,1-3H3,(H,16,21)/t10-/m1/s1. The molecule has 7 nitrogen and oxygen atoms in total. The van der Waals surface area contributed by atoms with Crippen LogP contribution in [0, 0.1) is 0 Å². The van der Waals surface area contributed by atoms with Gasteiger partial charge < -0.3 is 15.5 Å². The van der Waals surface area contributed by atoms with Crippen molar-refractivity contribution in [2.75, 3.05) is 26.7 Å². The van der Waals surface area contributed by atoms with Crippen molar-refractivity contribution in [1.82, 2.24) is 20.4 Å². The van der Waals surface area contributed by atoms with Crippen molar-refractivity contribution in [1.29, 1.82) is 0 Å². The van der Waals surface area contributed by atoms with Crippen LogP contribution in [-0.2, 0) is 9.59 Å². The third kappa shape index (κ3) is 3.34. The predicted molar refractivity (Wildman–Crippen MR) is 77.6 cm³/mol. The van der Waals surface area contributed by atoms with Gasteiger partial charge in [-0.15, -0.1) is 0 Å². The number of nitrogens with one attached hydrogen (secondary N) is 2. The van der Waals surface area contributed by atoms with Crippen LogP contribution >= 0.6 is 0 Å². The molecular weight excluding hydrogens is 272 g/mol. The summed E-state index contributed by atoms with van der Waals surface area (Å²) in [4.78, 5) is 38.8. The van der Waals surface area contributed by atoms with E-state index >= 15 is 0 Å². The molecule has 0 unspecified atom stereocenters. The summed E-state index contributed by atoms with van der Waals surface area (Å²) in [6, 6.07) is -0.112. The predicted octanol–water partition coefficient (Wildman–Crippen LogP) is -0.0827. The van der Waals surface area contributed by atoms with Crippen molar-refractivity contribution in [3.05, 3.63) is 0 Å². The van der Waals surface area contributed by atoms with Crippen molar-refractivity contribution in [2.24, 2.45) is 0 Å². The molecule has 2 fully saturated rings. The fourth-order valence-corrected chi connectivity index (χ4v) is 2.76. The van der Waals surface area contributed by atoms with Gasteiger partial charge in [0.05, 0.1) is 0 Å². The average Bonchev–Trinajstić information content (AvgIpc) is 3.00. The average molecular weight is 296 g/mol. The molecule has 2 aliphatic heterocycles. The van der Waals surface area contributed by atoms with E-state index in [0.29, 0.717) is 12.8 Å². The highest BCUT2D eigenvalue weighted by Crippen LogP contribution is 2.17. The minimum absolute atomic E-state index is 0.0648. The molecule has 118 valence electrons. The molecule has 2 aliphatic rings. The van der Waals surface area contributed by atoms with E-state index in [1.807, 2.05) is 7.05 Å². The van der Waals surface area contributed by atoms with Gasteiger partial charge in [-0.3, -0.25) is 14.5 Å². The second-order valence-electron chi connectivity index (χ2n) is 6.27. The maximum Gasteiger partial charge on any atom is 0.325 e. The number of rotatable bonds is 5. The Hall–Kier alpha value is -1.63. The van der Waals surface area contributed by atoms with Gasteiger partial charge in [0.1, 0.15) is 5.54 Å². The summed E-state index contributed by atoms with van der Waals surface area (Å²) in [6.07, 6.45) is 1.83. The highest BCUT2D eigenvalue weighted by Gasteiger charge is 2.43. The number of likely N-dealkylation sites (N-methyl/N-ethyl adjacent to an activating group) is 1. The van der Waals surface area contributed by atoms with E-state index in [-0.39, 0.29) is 30.4 Å². The molecule has 2 saturated heterocycles. The number of hydrogen-bond donors (Lipinski definition) is 2. The molecule has 0 bridgehead atoms. The molecule has 0 spiro atoms. The fourth-order valence-electron chi connectivity index (χ4n) is 2.76. The van der Waals surface area contributed by atoms with Gasteiger partial charge in [0.25, 0.3) is 5.91 Å². The van der Waals surface area contributed by atoms with Crippen molar-refractivity contribution >= 4 is 17.8 Å². The van der Waals surface area contributed by atoms with Gasteiger partial charge in [-0.05, 0) is 33.2 Å². The SMILES string of the molecule is CN(C(=O)CCCN1C(=O)NC(C)(C)C1=O)[C@@H]1CCNC1. The molecular formula is C14H24N4O3. The van der Waals surface area contributed by atoms with Crippen LogP contribution in [-0.4, -0.2) is 65.9 Å². The summed E-state index contributed by atoms with van der Waals surface area (Å²) in [5.74, 6) is -0.164. The molecule has 2 heterocycles. The van der Waals surface area contributed by atoms with Gasteiger partial charge in [-0.2, -0.15) is 0 Å². The van der Waals surface area contributed by atoms with Crippen LogP contribution in [0.4, 0.5) is 4.79 Å². The molecule has 0 aromatic rings. The molecule has 21 heavy (non-hydrogen) atoms. The topological polar surface area (TPSA) is 81.8 Å². The zero-order valence-corrected chi connectivity index (χ0v) is 12.9. The largest absolute Gasteiger partial charge is 0.341 e. The van der Waals surface area contributed by atoms with E-state index in [0.717, 1.165) is 19.5 Å². The lowest BCUT2D eigenvalue weighted by Gasteiger charge is -2.24. The number of nitrogens with zero attached hydrogens (tertiary/aromatic N) is 2. The number of carbonyl (C=O) groups excluding carboxylic acids is 3. The maximum absolute atomic E-state index is 12.1. The van der Waals surface area contributed by atoms with Crippen LogP contribution in [0.5, 0.6) is 0 Å². The van der Waals surface area contributed by atoms with E-state index in [2.05, 4.69) is 10.6 Å². The van der Waals surface area contributed by atoms with Gasteiger partial charge in [0, 0.05) is 32.6 Å². The Morgan fingerprint density at radius 3 is 2.67 bits per heavy atom. The van der Waals surface area contributed by atoms with Crippen LogP contribution in [0.3, 0.4) is 0 Å². The molecule has 1 atom stereocenters. The molecule has 0 aromatic carbocycles. The monoisotopic (exact) mass is 296 g/mol.